The molecule has 0 aliphatic rings. The molecule has 0 spiro atoms. The average Bonchev–Trinajstić information content (AvgIpc) is 2.05. The van der Waals surface area contributed by atoms with Crippen LogP contribution < -0.4 is 5.32 Å². The maximum Gasteiger partial charge on any atom is 0.0791 e. The van der Waals surface area contributed by atoms with Gasteiger partial charge in [-0.2, -0.15) is 0 Å². The Morgan fingerprint density at radius 1 is 1.64 bits per heavy atom. The molecule has 0 heterocycles. The molecule has 0 rings (SSSR count). The normalized spacial score (nSPS) is 12.3. The zero-order chi connectivity index (χ0) is 8.53. The fraction of sp³-hybridized carbons (Fsp3) is 0.333. The first-order valence-corrected chi connectivity index (χ1v) is 3.62. The number of hydrogen-bond acceptors (Lipinski definition) is 2. The number of allylic oxidation sites excluding steroid dienone is 3. The molecule has 0 aromatic carbocycles. The Hall–Kier alpha value is -1.02. The van der Waals surface area contributed by atoms with Gasteiger partial charge < -0.3 is 10.4 Å². The van der Waals surface area contributed by atoms with Gasteiger partial charge in [0.1, 0.15) is 0 Å². The Bertz CT molecular complexity index is 159. The summed E-state index contributed by atoms with van der Waals surface area (Å²) in [5.74, 6) is 0. The predicted octanol–water partition coefficient (Wildman–Crippen LogP) is 1.78. The molecular formula is C9H15NO. The lowest BCUT2D eigenvalue weighted by Gasteiger charge is -1.98. The van der Waals surface area contributed by atoms with Crippen molar-refractivity contribution in [3.05, 3.63) is 36.6 Å². The summed E-state index contributed by atoms with van der Waals surface area (Å²) < 4.78 is 0. The molecule has 0 aromatic heterocycles. The highest BCUT2D eigenvalue weighted by Gasteiger charge is 1.87. The van der Waals surface area contributed by atoms with E-state index in [-0.39, 0.29) is 0 Å². The molecule has 0 saturated heterocycles. The van der Waals surface area contributed by atoms with Crippen LogP contribution in [0.3, 0.4) is 0 Å². The molecule has 0 saturated carbocycles. The van der Waals surface area contributed by atoms with Crippen LogP contribution in [0, 0.1) is 0 Å². The second-order valence-corrected chi connectivity index (χ2v) is 2.14. The second kappa shape index (κ2) is 7.09. The maximum atomic E-state index is 8.36. The Labute approximate surface area is 67.9 Å². The Balaban J connectivity index is 3.83. The summed E-state index contributed by atoms with van der Waals surface area (Å²) in [5, 5.41) is 11.4. The molecule has 2 N–H and O–H groups in total. The van der Waals surface area contributed by atoms with Crippen LogP contribution in [0.2, 0.25) is 0 Å². The molecule has 0 aromatic rings. The first kappa shape index (κ1) is 9.98. The fourth-order valence-corrected chi connectivity index (χ4v) is 0.689. The number of nitrogens with one attached hydrogen (secondary N) is 1. The third kappa shape index (κ3) is 5.43. The van der Waals surface area contributed by atoms with Crippen LogP contribution in [0.25, 0.3) is 0 Å². The summed E-state index contributed by atoms with van der Waals surface area (Å²) in [6.07, 6.45) is 7.17. The van der Waals surface area contributed by atoms with Gasteiger partial charge in [-0.3, -0.25) is 0 Å². The van der Waals surface area contributed by atoms with E-state index >= 15 is 0 Å². The standard InChI is InChI=1S/C9H15NO/c1-3-9(5-4-8-11)6-7-10-2/h3-5,8,10-11H,1,6-7H2,2H3/b8-4+,9-5+. The van der Waals surface area contributed by atoms with Crippen molar-refractivity contribution < 1.29 is 5.11 Å². The van der Waals surface area contributed by atoms with Gasteiger partial charge in [-0.25, -0.2) is 0 Å². The molecule has 0 aliphatic heterocycles. The number of aliphatic hydroxyl groups is 1. The van der Waals surface area contributed by atoms with Gasteiger partial charge in [0, 0.05) is 0 Å². The van der Waals surface area contributed by atoms with Gasteiger partial charge in [0.05, 0.1) is 6.26 Å². The second-order valence-electron chi connectivity index (χ2n) is 2.14. The van der Waals surface area contributed by atoms with Crippen LogP contribution in [0.4, 0.5) is 0 Å². The lowest BCUT2D eigenvalue weighted by Crippen LogP contribution is -2.07. The zero-order valence-corrected chi connectivity index (χ0v) is 6.88. The molecule has 0 fully saturated rings. The van der Waals surface area contributed by atoms with Crippen molar-refractivity contribution in [1.29, 1.82) is 0 Å². The van der Waals surface area contributed by atoms with Gasteiger partial charge in [-0.05, 0) is 31.7 Å². The van der Waals surface area contributed by atoms with Gasteiger partial charge in [0.15, 0.2) is 0 Å². The van der Waals surface area contributed by atoms with Gasteiger partial charge in [-0.15, -0.1) is 0 Å². The minimum Gasteiger partial charge on any atom is -0.516 e. The van der Waals surface area contributed by atoms with Crippen LogP contribution in [0.5, 0.6) is 0 Å². The molecule has 0 amide bonds. The predicted molar refractivity (Wildman–Crippen MR) is 48.6 cm³/mol. The lowest BCUT2D eigenvalue weighted by atomic mass is 10.2. The van der Waals surface area contributed by atoms with Crippen molar-refractivity contribution in [2.45, 2.75) is 6.42 Å². The average molecular weight is 153 g/mol. The molecule has 0 atom stereocenters. The quantitative estimate of drug-likeness (QED) is 0.466. The van der Waals surface area contributed by atoms with Crippen molar-refractivity contribution in [2.24, 2.45) is 0 Å². The number of hydrogen-bond donors (Lipinski definition) is 2. The molecule has 62 valence electrons. The number of rotatable bonds is 5. The Morgan fingerprint density at radius 2 is 2.36 bits per heavy atom. The first-order valence-electron chi connectivity index (χ1n) is 3.62. The zero-order valence-electron chi connectivity index (χ0n) is 6.88. The highest BCUT2D eigenvalue weighted by atomic mass is 16.2. The summed E-state index contributed by atoms with van der Waals surface area (Å²) in [5.41, 5.74) is 1.12. The van der Waals surface area contributed by atoms with Crippen molar-refractivity contribution in [3.8, 4) is 0 Å². The fourth-order valence-electron chi connectivity index (χ4n) is 0.689. The summed E-state index contributed by atoms with van der Waals surface area (Å²) in [6, 6.07) is 0. The van der Waals surface area contributed by atoms with Crippen LogP contribution in [-0.4, -0.2) is 18.7 Å². The maximum absolute atomic E-state index is 8.36. The summed E-state index contributed by atoms with van der Waals surface area (Å²) >= 11 is 0. The van der Waals surface area contributed by atoms with E-state index in [0.29, 0.717) is 0 Å². The van der Waals surface area contributed by atoms with Crippen LogP contribution in [0.15, 0.2) is 36.6 Å². The van der Waals surface area contributed by atoms with E-state index in [0.717, 1.165) is 24.8 Å². The van der Waals surface area contributed by atoms with E-state index in [2.05, 4.69) is 11.9 Å². The van der Waals surface area contributed by atoms with E-state index < -0.39 is 0 Å². The van der Waals surface area contributed by atoms with Crippen LogP contribution in [0.1, 0.15) is 6.42 Å². The topological polar surface area (TPSA) is 32.3 Å². The van der Waals surface area contributed by atoms with E-state index in [1.54, 1.807) is 12.2 Å². The third-order valence-corrected chi connectivity index (χ3v) is 1.32. The smallest absolute Gasteiger partial charge is 0.0791 e. The molecule has 0 aliphatic carbocycles. The Kier molecular flexibility index (Phi) is 6.43. The van der Waals surface area contributed by atoms with E-state index in [9.17, 15) is 0 Å². The van der Waals surface area contributed by atoms with Crippen LogP contribution in [-0.2, 0) is 0 Å². The minimum atomic E-state index is 0.928. The molecule has 2 nitrogen and oxygen atoms in total. The first-order chi connectivity index (χ1) is 5.35. The van der Waals surface area contributed by atoms with Gasteiger partial charge >= 0.3 is 0 Å². The van der Waals surface area contributed by atoms with Crippen molar-refractivity contribution in [1.82, 2.24) is 5.32 Å². The molecule has 0 radical (unpaired) electrons. The summed E-state index contributed by atoms with van der Waals surface area (Å²) in [4.78, 5) is 0. The van der Waals surface area contributed by atoms with Crippen molar-refractivity contribution in [3.63, 3.8) is 0 Å². The summed E-state index contributed by atoms with van der Waals surface area (Å²) in [6.45, 7) is 4.58. The van der Waals surface area contributed by atoms with Crippen LogP contribution >= 0.6 is 0 Å². The summed E-state index contributed by atoms with van der Waals surface area (Å²) in [7, 11) is 1.91. The SMILES string of the molecule is C=C/C(=C\C=C\O)CCNC. The monoisotopic (exact) mass is 153 g/mol. The van der Waals surface area contributed by atoms with E-state index in [1.165, 1.54) is 0 Å². The molecule has 11 heavy (non-hydrogen) atoms. The van der Waals surface area contributed by atoms with Gasteiger partial charge in [0.25, 0.3) is 0 Å². The third-order valence-electron chi connectivity index (χ3n) is 1.32. The molecule has 0 unspecified atom stereocenters. The minimum absolute atomic E-state index is 0.928. The highest BCUT2D eigenvalue weighted by Crippen LogP contribution is 2.00. The van der Waals surface area contributed by atoms with Gasteiger partial charge in [-0.1, -0.05) is 18.7 Å². The Morgan fingerprint density at radius 3 is 2.82 bits per heavy atom. The van der Waals surface area contributed by atoms with E-state index in [1.807, 2.05) is 13.1 Å². The van der Waals surface area contributed by atoms with Crippen molar-refractivity contribution >= 4 is 0 Å². The highest BCUT2D eigenvalue weighted by molar-refractivity contribution is 5.21. The molecular weight excluding hydrogens is 138 g/mol. The molecule has 2 heteroatoms. The lowest BCUT2D eigenvalue weighted by molar-refractivity contribution is 0.473. The molecule has 0 bridgehead atoms. The largest absolute Gasteiger partial charge is 0.516 e. The van der Waals surface area contributed by atoms with Crippen molar-refractivity contribution in [2.75, 3.05) is 13.6 Å². The van der Waals surface area contributed by atoms with Gasteiger partial charge in [0.2, 0.25) is 0 Å². The number of aliphatic hydroxyl groups excluding tert-OH is 1. The van der Waals surface area contributed by atoms with E-state index in [4.69, 9.17) is 5.11 Å².